The van der Waals surface area contributed by atoms with Crippen molar-refractivity contribution in [2.45, 2.75) is 13.8 Å². The minimum atomic E-state index is -0.212. The van der Waals surface area contributed by atoms with Crippen LogP contribution in [0.2, 0.25) is 0 Å². The fraction of sp³-hybridized carbons (Fsp3) is 0.167. The van der Waals surface area contributed by atoms with Crippen molar-refractivity contribution < 1.29 is 9.59 Å². The molecular weight excluding hydrogens is 376 g/mol. The number of hydrogen-bond donors (Lipinski definition) is 2. The summed E-state index contributed by atoms with van der Waals surface area (Å²) < 4.78 is 0. The minimum absolute atomic E-state index is 0.159. The van der Waals surface area contributed by atoms with Gasteiger partial charge >= 0.3 is 0 Å². The maximum Gasteiger partial charge on any atom is 0.251 e. The van der Waals surface area contributed by atoms with E-state index < -0.39 is 0 Å². The van der Waals surface area contributed by atoms with E-state index in [1.807, 2.05) is 50.2 Å². The van der Waals surface area contributed by atoms with E-state index in [1.54, 1.807) is 24.3 Å². The molecule has 1 heterocycles. The summed E-state index contributed by atoms with van der Waals surface area (Å²) in [6.45, 7) is 4.47. The molecule has 150 valence electrons. The fourth-order valence-electron chi connectivity index (χ4n) is 3.34. The largest absolute Gasteiger partial charge is 0.350 e. The van der Waals surface area contributed by atoms with Gasteiger partial charge in [-0.1, -0.05) is 36.4 Å². The van der Waals surface area contributed by atoms with Crippen molar-refractivity contribution in [2.75, 3.05) is 13.1 Å². The second-order valence-corrected chi connectivity index (χ2v) is 7.14. The first-order valence-corrected chi connectivity index (χ1v) is 9.82. The van der Waals surface area contributed by atoms with Crippen LogP contribution in [0.4, 0.5) is 0 Å². The zero-order chi connectivity index (χ0) is 21.1. The lowest BCUT2D eigenvalue weighted by Crippen LogP contribution is -2.34. The second kappa shape index (κ2) is 8.29. The summed E-state index contributed by atoms with van der Waals surface area (Å²) in [5.74, 6) is -0.371. The topological polar surface area (TPSA) is 84.0 Å². The molecule has 2 amide bonds. The second-order valence-electron chi connectivity index (χ2n) is 7.14. The monoisotopic (exact) mass is 398 g/mol. The third kappa shape index (κ3) is 3.98. The molecular formula is C24H22N4O2. The van der Waals surface area contributed by atoms with Gasteiger partial charge in [0, 0.05) is 24.2 Å². The van der Waals surface area contributed by atoms with Gasteiger partial charge in [0.05, 0.1) is 22.4 Å². The van der Waals surface area contributed by atoms with Gasteiger partial charge in [0.1, 0.15) is 0 Å². The molecule has 30 heavy (non-hydrogen) atoms. The average molecular weight is 398 g/mol. The van der Waals surface area contributed by atoms with Crippen molar-refractivity contribution in [1.82, 2.24) is 20.6 Å². The van der Waals surface area contributed by atoms with Crippen LogP contribution < -0.4 is 10.6 Å². The molecule has 0 aliphatic rings. The molecule has 4 aromatic rings. The van der Waals surface area contributed by atoms with Crippen molar-refractivity contribution in [2.24, 2.45) is 0 Å². The maximum absolute atomic E-state index is 12.5. The molecule has 1 aromatic heterocycles. The molecule has 4 rings (SSSR count). The SMILES string of the molecule is Cc1nc2ccc(C(=O)NCCNC(=O)c3cccc4ccccc34)cc2nc1C. The molecule has 0 fully saturated rings. The number of fused-ring (bicyclic) bond motifs is 2. The molecule has 6 nitrogen and oxygen atoms in total. The number of aromatic nitrogens is 2. The first-order chi connectivity index (χ1) is 14.5. The van der Waals surface area contributed by atoms with Gasteiger partial charge in [-0.05, 0) is 48.9 Å². The van der Waals surface area contributed by atoms with Crippen LogP contribution in [0.25, 0.3) is 21.8 Å². The van der Waals surface area contributed by atoms with Crippen LogP contribution in [-0.4, -0.2) is 34.9 Å². The van der Waals surface area contributed by atoms with E-state index in [0.717, 1.165) is 27.7 Å². The van der Waals surface area contributed by atoms with Crippen LogP contribution in [-0.2, 0) is 0 Å². The lowest BCUT2D eigenvalue weighted by atomic mass is 10.0. The van der Waals surface area contributed by atoms with Gasteiger partial charge in [0.15, 0.2) is 0 Å². The molecule has 0 radical (unpaired) electrons. The van der Waals surface area contributed by atoms with Gasteiger partial charge in [0.2, 0.25) is 0 Å². The Kier molecular flexibility index (Phi) is 5.39. The number of hydrogen-bond acceptors (Lipinski definition) is 4. The van der Waals surface area contributed by atoms with Crippen LogP contribution in [0, 0.1) is 13.8 Å². The lowest BCUT2D eigenvalue weighted by molar-refractivity contribution is 0.0928. The number of rotatable bonds is 5. The van der Waals surface area contributed by atoms with Gasteiger partial charge < -0.3 is 10.6 Å². The number of nitrogens with one attached hydrogen (secondary N) is 2. The van der Waals surface area contributed by atoms with E-state index in [9.17, 15) is 9.59 Å². The zero-order valence-electron chi connectivity index (χ0n) is 16.9. The number of benzene rings is 3. The molecule has 0 bridgehead atoms. The van der Waals surface area contributed by atoms with Gasteiger partial charge in [0.25, 0.3) is 11.8 Å². The van der Waals surface area contributed by atoms with Crippen LogP contribution in [0.5, 0.6) is 0 Å². The number of nitrogens with zero attached hydrogens (tertiary/aromatic N) is 2. The first kappa shape index (κ1) is 19.5. The Morgan fingerprint density at radius 2 is 1.43 bits per heavy atom. The highest BCUT2D eigenvalue weighted by Crippen LogP contribution is 2.18. The van der Waals surface area contributed by atoms with Crippen molar-refractivity contribution in [3.63, 3.8) is 0 Å². The van der Waals surface area contributed by atoms with Crippen LogP contribution >= 0.6 is 0 Å². The van der Waals surface area contributed by atoms with Crippen molar-refractivity contribution in [1.29, 1.82) is 0 Å². The molecule has 0 atom stereocenters. The van der Waals surface area contributed by atoms with E-state index in [1.165, 1.54) is 0 Å². The summed E-state index contributed by atoms with van der Waals surface area (Å²) in [5, 5.41) is 7.62. The Labute approximate surface area is 174 Å². The minimum Gasteiger partial charge on any atom is -0.350 e. The number of amides is 2. The van der Waals surface area contributed by atoms with E-state index in [2.05, 4.69) is 20.6 Å². The third-order valence-corrected chi connectivity index (χ3v) is 5.07. The molecule has 0 saturated carbocycles. The maximum atomic E-state index is 12.5. The number of carbonyl (C=O) groups is 2. The average Bonchev–Trinajstić information content (AvgIpc) is 2.76. The van der Waals surface area contributed by atoms with Gasteiger partial charge in [-0.15, -0.1) is 0 Å². The molecule has 2 N–H and O–H groups in total. The van der Waals surface area contributed by atoms with E-state index >= 15 is 0 Å². The van der Waals surface area contributed by atoms with Crippen molar-refractivity contribution >= 4 is 33.6 Å². The fourth-order valence-corrected chi connectivity index (χ4v) is 3.34. The van der Waals surface area contributed by atoms with Gasteiger partial charge in [-0.3, -0.25) is 9.59 Å². The highest BCUT2D eigenvalue weighted by molar-refractivity contribution is 6.07. The molecule has 6 heteroatoms. The zero-order valence-corrected chi connectivity index (χ0v) is 16.9. The predicted molar refractivity (Wildman–Crippen MR) is 118 cm³/mol. The summed E-state index contributed by atoms with van der Waals surface area (Å²) in [4.78, 5) is 34.0. The quantitative estimate of drug-likeness (QED) is 0.504. The third-order valence-electron chi connectivity index (χ3n) is 5.07. The van der Waals surface area contributed by atoms with Crippen LogP contribution in [0.3, 0.4) is 0 Å². The summed E-state index contributed by atoms with van der Waals surface area (Å²) in [6.07, 6.45) is 0. The van der Waals surface area contributed by atoms with Crippen molar-refractivity contribution in [3.05, 3.63) is 83.2 Å². The summed E-state index contributed by atoms with van der Waals surface area (Å²) in [7, 11) is 0. The van der Waals surface area contributed by atoms with E-state index in [4.69, 9.17) is 0 Å². The molecule has 0 aliphatic heterocycles. The Morgan fingerprint density at radius 1 is 0.767 bits per heavy atom. The van der Waals surface area contributed by atoms with Crippen LogP contribution in [0.1, 0.15) is 32.1 Å². The highest BCUT2D eigenvalue weighted by Gasteiger charge is 2.11. The van der Waals surface area contributed by atoms with E-state index in [-0.39, 0.29) is 11.8 Å². The highest BCUT2D eigenvalue weighted by atomic mass is 16.2. The Morgan fingerprint density at radius 3 is 2.23 bits per heavy atom. The molecule has 0 spiro atoms. The molecule has 0 aliphatic carbocycles. The normalized spacial score (nSPS) is 10.9. The first-order valence-electron chi connectivity index (χ1n) is 9.82. The Balaban J connectivity index is 1.36. The van der Waals surface area contributed by atoms with E-state index in [0.29, 0.717) is 29.7 Å². The van der Waals surface area contributed by atoms with Crippen LogP contribution in [0.15, 0.2) is 60.7 Å². The van der Waals surface area contributed by atoms with Crippen molar-refractivity contribution in [3.8, 4) is 0 Å². The van der Waals surface area contributed by atoms with Gasteiger partial charge in [-0.2, -0.15) is 0 Å². The molecule has 0 unspecified atom stereocenters. The lowest BCUT2D eigenvalue weighted by Gasteiger charge is -2.10. The standard InChI is InChI=1S/C24H22N4O2/c1-15-16(2)28-22-14-18(10-11-21(22)27-15)23(29)25-12-13-26-24(30)20-9-5-7-17-6-3-4-8-19(17)20/h3-11,14H,12-13H2,1-2H3,(H,25,29)(H,26,30). The summed E-state index contributed by atoms with van der Waals surface area (Å²) in [6, 6.07) is 18.7. The summed E-state index contributed by atoms with van der Waals surface area (Å²) in [5.41, 5.74) is 4.31. The molecule has 3 aromatic carbocycles. The smallest absolute Gasteiger partial charge is 0.251 e. The number of carbonyl (C=O) groups excluding carboxylic acids is 2. The predicted octanol–water partition coefficient (Wildman–Crippen LogP) is 3.56. The molecule has 0 saturated heterocycles. The number of aryl methyl sites for hydroxylation is 2. The summed E-state index contributed by atoms with van der Waals surface area (Å²) >= 11 is 0. The van der Waals surface area contributed by atoms with Gasteiger partial charge in [-0.25, -0.2) is 9.97 Å². The Hall–Kier alpha value is -3.80. The Bertz CT molecular complexity index is 1260.